The van der Waals surface area contributed by atoms with Crippen LogP contribution in [0.2, 0.25) is 0 Å². The fraction of sp³-hybridized carbons (Fsp3) is 0.400. The first-order chi connectivity index (χ1) is 21.8. The molecule has 3 aromatic rings. The van der Waals surface area contributed by atoms with Crippen molar-refractivity contribution in [1.82, 2.24) is 0 Å². The zero-order valence-electron chi connectivity index (χ0n) is 25.7. The van der Waals surface area contributed by atoms with Gasteiger partial charge in [-0.15, -0.1) is 0 Å². The van der Waals surface area contributed by atoms with E-state index in [4.69, 9.17) is 10.2 Å². The Bertz CT molecular complexity index is 1590. The van der Waals surface area contributed by atoms with E-state index in [1.54, 1.807) is 4.90 Å². The maximum atomic E-state index is 13.6. The van der Waals surface area contributed by atoms with Crippen molar-refractivity contribution in [3.63, 3.8) is 0 Å². The number of rotatable bonds is 17. The number of carboxylic acid groups (broad SMARTS) is 2. The third-order valence-electron chi connectivity index (χ3n) is 8.54. The summed E-state index contributed by atoms with van der Waals surface area (Å²) in [5.41, 5.74) is 4.15. The molecule has 3 atom stereocenters. The standard InChI is InChI=1S/C35H40FNO8S/c1-46(44,45)22-3-2-5-23-10-18-28(19-11-23)37-32(29(33(37)39)20-21-31(38)25-14-16-27(36)17-15-25)26-12-8-24(9-13-26)6-4-7-30(34(40)41)35(42)43/h8-19,29-32,38H,2-7,20-22H2,1H3,(H,40,41)(H,42,43)/t29-,31+,32-/m1/s1. The van der Waals surface area contributed by atoms with Gasteiger partial charge in [0.05, 0.1) is 18.1 Å². The Morgan fingerprint density at radius 3 is 1.96 bits per heavy atom. The molecule has 1 fully saturated rings. The van der Waals surface area contributed by atoms with E-state index in [1.165, 1.54) is 30.5 Å². The molecule has 0 spiro atoms. The first-order valence-electron chi connectivity index (χ1n) is 15.4. The van der Waals surface area contributed by atoms with Gasteiger partial charge in [-0.05, 0) is 97.9 Å². The minimum Gasteiger partial charge on any atom is -0.481 e. The molecule has 1 saturated heterocycles. The van der Waals surface area contributed by atoms with E-state index in [1.807, 2.05) is 48.5 Å². The van der Waals surface area contributed by atoms with Crippen LogP contribution >= 0.6 is 0 Å². The van der Waals surface area contributed by atoms with Gasteiger partial charge in [0.1, 0.15) is 15.7 Å². The van der Waals surface area contributed by atoms with Gasteiger partial charge in [-0.1, -0.05) is 48.5 Å². The van der Waals surface area contributed by atoms with Gasteiger partial charge < -0.3 is 20.2 Å². The molecule has 0 radical (unpaired) electrons. The second kappa shape index (κ2) is 15.5. The highest BCUT2D eigenvalue weighted by Gasteiger charge is 2.48. The lowest BCUT2D eigenvalue weighted by Crippen LogP contribution is -2.55. The number of carbonyl (C=O) groups excluding carboxylic acids is 1. The van der Waals surface area contributed by atoms with E-state index in [0.29, 0.717) is 37.7 Å². The third kappa shape index (κ3) is 9.23. The quantitative estimate of drug-likeness (QED) is 0.0980. The van der Waals surface area contributed by atoms with Crippen LogP contribution in [0.5, 0.6) is 0 Å². The highest BCUT2D eigenvalue weighted by molar-refractivity contribution is 7.90. The molecule has 4 rings (SSSR count). The number of nitrogens with zero attached hydrogens (tertiary/aromatic N) is 1. The Morgan fingerprint density at radius 2 is 1.39 bits per heavy atom. The molecule has 0 saturated carbocycles. The number of aliphatic hydroxyl groups excluding tert-OH is 1. The molecule has 11 heteroatoms. The summed E-state index contributed by atoms with van der Waals surface area (Å²) in [5, 5.41) is 29.0. The van der Waals surface area contributed by atoms with E-state index >= 15 is 0 Å². The molecule has 1 heterocycles. The molecule has 9 nitrogen and oxygen atoms in total. The Hall–Kier alpha value is -4.09. The Labute approximate surface area is 268 Å². The van der Waals surface area contributed by atoms with Gasteiger partial charge in [0.2, 0.25) is 5.91 Å². The van der Waals surface area contributed by atoms with E-state index < -0.39 is 45.5 Å². The van der Waals surface area contributed by atoms with Crippen molar-refractivity contribution in [2.45, 2.75) is 63.5 Å². The number of sulfone groups is 1. The summed E-state index contributed by atoms with van der Waals surface area (Å²) < 4.78 is 36.2. The van der Waals surface area contributed by atoms with Crippen LogP contribution < -0.4 is 4.90 Å². The Kier molecular flexibility index (Phi) is 11.7. The molecule has 1 amide bonds. The number of aryl methyl sites for hydroxylation is 2. The molecule has 1 aliphatic rings. The van der Waals surface area contributed by atoms with Crippen molar-refractivity contribution in [2.24, 2.45) is 11.8 Å². The van der Waals surface area contributed by atoms with Crippen LogP contribution in [-0.4, -0.2) is 53.6 Å². The fourth-order valence-corrected chi connectivity index (χ4v) is 6.68. The van der Waals surface area contributed by atoms with Crippen molar-refractivity contribution >= 4 is 33.4 Å². The first kappa shape index (κ1) is 34.8. The average molecular weight is 654 g/mol. The molecule has 1 aliphatic heterocycles. The number of carboxylic acids is 2. The fourth-order valence-electron chi connectivity index (χ4n) is 5.95. The van der Waals surface area contributed by atoms with Gasteiger partial charge in [0.25, 0.3) is 0 Å². The number of hydrogen-bond acceptors (Lipinski definition) is 6. The van der Waals surface area contributed by atoms with Gasteiger partial charge in [0.15, 0.2) is 5.92 Å². The van der Waals surface area contributed by atoms with Crippen LogP contribution in [0, 0.1) is 17.7 Å². The predicted molar refractivity (Wildman–Crippen MR) is 172 cm³/mol. The van der Waals surface area contributed by atoms with Crippen LogP contribution in [0.4, 0.5) is 10.1 Å². The summed E-state index contributed by atoms with van der Waals surface area (Å²) in [6, 6.07) is 20.6. The molecule has 246 valence electrons. The molecule has 46 heavy (non-hydrogen) atoms. The van der Waals surface area contributed by atoms with Gasteiger partial charge in [-0.3, -0.25) is 14.4 Å². The third-order valence-corrected chi connectivity index (χ3v) is 9.57. The van der Waals surface area contributed by atoms with Gasteiger partial charge in [-0.2, -0.15) is 0 Å². The number of hydrogen-bond donors (Lipinski definition) is 3. The maximum absolute atomic E-state index is 13.6. The van der Waals surface area contributed by atoms with Crippen molar-refractivity contribution in [3.8, 4) is 0 Å². The lowest BCUT2D eigenvalue weighted by Gasteiger charge is -2.48. The van der Waals surface area contributed by atoms with Crippen LogP contribution in [0.3, 0.4) is 0 Å². The molecule has 0 aromatic heterocycles. The molecule has 3 N–H and O–H groups in total. The summed E-state index contributed by atoms with van der Waals surface area (Å²) in [4.78, 5) is 37.7. The summed E-state index contributed by atoms with van der Waals surface area (Å²) in [6.45, 7) is 0. The highest BCUT2D eigenvalue weighted by Crippen LogP contribution is 2.46. The number of aliphatic hydroxyl groups is 1. The van der Waals surface area contributed by atoms with E-state index in [0.717, 1.165) is 35.2 Å². The zero-order chi connectivity index (χ0) is 33.4. The highest BCUT2D eigenvalue weighted by atomic mass is 32.2. The first-order valence-corrected chi connectivity index (χ1v) is 17.5. The Balaban J connectivity index is 1.47. The molecule has 3 aromatic carbocycles. The van der Waals surface area contributed by atoms with Gasteiger partial charge in [-0.25, -0.2) is 12.8 Å². The van der Waals surface area contributed by atoms with Gasteiger partial charge >= 0.3 is 11.9 Å². The minimum atomic E-state index is -3.00. The number of carbonyl (C=O) groups is 3. The topological polar surface area (TPSA) is 149 Å². The number of benzene rings is 3. The van der Waals surface area contributed by atoms with Crippen LogP contribution in [0.15, 0.2) is 72.8 Å². The molecule has 0 bridgehead atoms. The lowest BCUT2D eigenvalue weighted by molar-refractivity contribution is -0.154. The maximum Gasteiger partial charge on any atom is 0.317 e. The van der Waals surface area contributed by atoms with Crippen molar-refractivity contribution in [3.05, 3.63) is 101 Å². The number of amides is 1. The summed E-state index contributed by atoms with van der Waals surface area (Å²) in [7, 11) is -3.00. The summed E-state index contributed by atoms with van der Waals surface area (Å²) in [6.07, 6.45) is 4.03. The Morgan fingerprint density at radius 1 is 0.826 bits per heavy atom. The smallest absolute Gasteiger partial charge is 0.317 e. The molecular weight excluding hydrogens is 613 g/mol. The van der Waals surface area contributed by atoms with Crippen molar-refractivity contribution in [2.75, 3.05) is 16.9 Å². The van der Waals surface area contributed by atoms with E-state index in [2.05, 4.69) is 0 Å². The second-order valence-electron chi connectivity index (χ2n) is 12.0. The van der Waals surface area contributed by atoms with Crippen LogP contribution in [0.25, 0.3) is 0 Å². The van der Waals surface area contributed by atoms with Crippen molar-refractivity contribution < 1.29 is 42.5 Å². The monoisotopic (exact) mass is 653 g/mol. The number of halogens is 1. The summed E-state index contributed by atoms with van der Waals surface area (Å²) >= 11 is 0. The molecular formula is C35H40FNO8S. The van der Waals surface area contributed by atoms with Gasteiger partial charge in [0, 0.05) is 17.7 Å². The number of anilines is 1. The second-order valence-corrected chi connectivity index (χ2v) is 14.3. The number of unbranched alkanes of at least 4 members (excludes halogenated alkanes) is 1. The van der Waals surface area contributed by atoms with Crippen molar-refractivity contribution in [1.29, 1.82) is 0 Å². The predicted octanol–water partition coefficient (Wildman–Crippen LogP) is 5.52. The zero-order valence-corrected chi connectivity index (χ0v) is 26.5. The average Bonchev–Trinajstić information content (AvgIpc) is 3.00. The van der Waals surface area contributed by atoms with Crippen LogP contribution in [0.1, 0.15) is 72.9 Å². The molecule has 0 unspecified atom stereocenters. The van der Waals surface area contributed by atoms with E-state index in [9.17, 15) is 32.3 Å². The summed E-state index contributed by atoms with van der Waals surface area (Å²) in [5.74, 6) is -4.87. The normalized spacial score (nSPS) is 17.1. The molecule has 0 aliphatic carbocycles. The minimum absolute atomic E-state index is 0.0173. The number of aliphatic carboxylic acids is 2. The SMILES string of the molecule is CS(=O)(=O)CCCCc1ccc(N2C(=O)[C@H](CC[C@H](O)c3ccc(F)cc3)[C@H]2c2ccc(CCCC(C(=O)O)C(=O)O)cc2)cc1. The number of β-lactam (4-membered cyclic amide) rings is 1. The lowest BCUT2D eigenvalue weighted by atomic mass is 9.78. The van der Waals surface area contributed by atoms with Crippen LogP contribution in [-0.2, 0) is 37.1 Å². The van der Waals surface area contributed by atoms with E-state index in [-0.39, 0.29) is 24.1 Å². The largest absolute Gasteiger partial charge is 0.481 e.